The van der Waals surface area contributed by atoms with Gasteiger partial charge in [0.15, 0.2) is 16.6 Å². The van der Waals surface area contributed by atoms with Crippen LogP contribution >= 0.6 is 23.8 Å². The van der Waals surface area contributed by atoms with Gasteiger partial charge >= 0.3 is 0 Å². The lowest BCUT2D eigenvalue weighted by atomic mass is 10.1. The Hall–Kier alpha value is -2.81. The zero-order valence-corrected chi connectivity index (χ0v) is 19.5. The van der Waals surface area contributed by atoms with E-state index in [2.05, 4.69) is 10.3 Å². The van der Waals surface area contributed by atoms with Gasteiger partial charge in [-0.2, -0.15) is 0 Å². The Bertz CT molecular complexity index is 1240. The maximum atomic E-state index is 12.9. The number of thiocarbonyl (C=S) groups is 1. The highest BCUT2D eigenvalue weighted by atomic mass is 35.5. The van der Waals surface area contributed by atoms with Crippen LogP contribution < -0.4 is 20.3 Å². The number of ether oxygens (including phenoxy) is 3. The van der Waals surface area contributed by atoms with E-state index in [0.29, 0.717) is 59.0 Å². The Morgan fingerprint density at radius 1 is 1.15 bits per heavy atom. The number of anilines is 1. The molecule has 2 aliphatic rings. The Balaban J connectivity index is 1.42. The Morgan fingerprint density at radius 3 is 2.73 bits per heavy atom. The lowest BCUT2D eigenvalue weighted by Crippen LogP contribution is -2.40. The molecule has 172 valence electrons. The van der Waals surface area contributed by atoms with Crippen LogP contribution in [0.15, 0.2) is 47.3 Å². The summed E-state index contributed by atoms with van der Waals surface area (Å²) in [6.07, 6.45) is 2.06. The van der Waals surface area contributed by atoms with Gasteiger partial charge in [0.05, 0.1) is 18.2 Å². The number of H-pyrrole nitrogens is 1. The van der Waals surface area contributed by atoms with Crippen molar-refractivity contribution in [3.05, 3.63) is 63.4 Å². The van der Waals surface area contributed by atoms with E-state index in [1.165, 1.54) is 0 Å². The van der Waals surface area contributed by atoms with Crippen molar-refractivity contribution in [2.75, 3.05) is 31.7 Å². The van der Waals surface area contributed by atoms with Crippen molar-refractivity contribution in [1.82, 2.24) is 9.88 Å². The second kappa shape index (κ2) is 9.59. The molecule has 0 spiro atoms. The molecule has 33 heavy (non-hydrogen) atoms. The van der Waals surface area contributed by atoms with E-state index in [9.17, 15) is 4.79 Å². The van der Waals surface area contributed by atoms with Gasteiger partial charge in [-0.15, -0.1) is 0 Å². The Morgan fingerprint density at radius 2 is 1.97 bits per heavy atom. The third-order valence-corrected chi connectivity index (χ3v) is 6.35. The van der Waals surface area contributed by atoms with E-state index < -0.39 is 0 Å². The van der Waals surface area contributed by atoms with Gasteiger partial charge in [0, 0.05) is 40.9 Å². The molecule has 1 fully saturated rings. The van der Waals surface area contributed by atoms with Gasteiger partial charge in [-0.1, -0.05) is 17.7 Å². The maximum Gasteiger partial charge on any atom is 0.253 e. The van der Waals surface area contributed by atoms with Crippen molar-refractivity contribution in [2.24, 2.45) is 0 Å². The summed E-state index contributed by atoms with van der Waals surface area (Å²) in [6.45, 7) is 2.68. The SMILES string of the molecule is O=c1[nH]c2cc3c(cc2cc1CN(CC1CCCO1)C(=S)Nc1cccc(Cl)c1)OCCO3. The number of halogens is 1. The molecule has 0 amide bonds. The minimum atomic E-state index is -0.165. The highest BCUT2D eigenvalue weighted by molar-refractivity contribution is 7.80. The number of hydrogen-bond acceptors (Lipinski definition) is 5. The monoisotopic (exact) mass is 485 g/mol. The summed E-state index contributed by atoms with van der Waals surface area (Å²) in [7, 11) is 0. The molecule has 5 rings (SSSR count). The first kappa shape index (κ1) is 22.0. The second-order valence-corrected chi connectivity index (χ2v) is 8.99. The smallest absolute Gasteiger partial charge is 0.253 e. The van der Waals surface area contributed by atoms with Gasteiger partial charge in [-0.3, -0.25) is 4.79 Å². The summed E-state index contributed by atoms with van der Waals surface area (Å²) < 4.78 is 17.2. The summed E-state index contributed by atoms with van der Waals surface area (Å²) in [5, 5.41) is 5.25. The van der Waals surface area contributed by atoms with Crippen LogP contribution in [0.1, 0.15) is 18.4 Å². The third kappa shape index (κ3) is 5.08. The van der Waals surface area contributed by atoms with Crippen LogP contribution in [0.4, 0.5) is 5.69 Å². The van der Waals surface area contributed by atoms with Gasteiger partial charge in [0.2, 0.25) is 0 Å². The molecule has 2 N–H and O–H groups in total. The van der Waals surface area contributed by atoms with Crippen LogP contribution in [0.2, 0.25) is 5.02 Å². The molecule has 0 bridgehead atoms. The largest absolute Gasteiger partial charge is 0.486 e. The van der Waals surface area contributed by atoms with E-state index in [-0.39, 0.29) is 11.7 Å². The maximum absolute atomic E-state index is 12.9. The standard InChI is InChI=1S/C24H24ClN3O4S/c25-17-3-1-4-18(11-17)26-24(33)28(14-19-5-2-6-30-19)13-16-9-15-10-21-22(32-8-7-31-21)12-20(15)27-23(16)29/h1,3-4,9-12,19H,2,5-8,13-14H2,(H,26,33)(H,27,29). The van der Waals surface area contributed by atoms with Crippen molar-refractivity contribution in [3.63, 3.8) is 0 Å². The van der Waals surface area contributed by atoms with Crippen molar-refractivity contribution < 1.29 is 14.2 Å². The molecular formula is C24H24ClN3O4S. The van der Waals surface area contributed by atoms with Crippen LogP contribution in [-0.4, -0.2) is 47.5 Å². The van der Waals surface area contributed by atoms with Crippen LogP contribution in [0.3, 0.4) is 0 Å². The number of rotatable bonds is 5. The van der Waals surface area contributed by atoms with Gasteiger partial charge in [-0.25, -0.2) is 0 Å². The summed E-state index contributed by atoms with van der Waals surface area (Å²) in [5.41, 5.74) is 1.94. The number of fused-ring (bicyclic) bond motifs is 2. The van der Waals surface area contributed by atoms with Crippen LogP contribution in [0.25, 0.3) is 10.9 Å². The molecule has 1 aromatic heterocycles. The fraction of sp³-hybridized carbons (Fsp3) is 0.333. The predicted molar refractivity (Wildman–Crippen MR) is 133 cm³/mol. The summed E-state index contributed by atoms with van der Waals surface area (Å²) in [5.74, 6) is 1.32. The highest BCUT2D eigenvalue weighted by Gasteiger charge is 2.23. The Kier molecular flexibility index (Phi) is 6.39. The van der Waals surface area contributed by atoms with Crippen molar-refractivity contribution >= 4 is 45.5 Å². The molecule has 0 aliphatic carbocycles. The molecule has 9 heteroatoms. The van der Waals surface area contributed by atoms with Crippen LogP contribution in [-0.2, 0) is 11.3 Å². The van der Waals surface area contributed by atoms with E-state index in [0.717, 1.165) is 30.5 Å². The number of hydrogen-bond donors (Lipinski definition) is 2. The van der Waals surface area contributed by atoms with Gasteiger partial charge in [0.25, 0.3) is 5.56 Å². The molecule has 1 atom stereocenters. The van der Waals surface area contributed by atoms with Crippen LogP contribution in [0.5, 0.6) is 11.5 Å². The minimum Gasteiger partial charge on any atom is -0.486 e. The molecular weight excluding hydrogens is 462 g/mol. The fourth-order valence-corrected chi connectivity index (χ4v) is 4.58. The lowest BCUT2D eigenvalue weighted by Gasteiger charge is -2.28. The average Bonchev–Trinajstić information content (AvgIpc) is 3.31. The van der Waals surface area contributed by atoms with Crippen molar-refractivity contribution in [2.45, 2.75) is 25.5 Å². The van der Waals surface area contributed by atoms with Crippen molar-refractivity contribution in [3.8, 4) is 11.5 Å². The second-order valence-electron chi connectivity index (χ2n) is 8.16. The van der Waals surface area contributed by atoms with Gasteiger partial charge in [-0.05, 0) is 55.4 Å². The summed E-state index contributed by atoms with van der Waals surface area (Å²) in [4.78, 5) is 17.9. The first-order chi connectivity index (χ1) is 16.0. The lowest BCUT2D eigenvalue weighted by molar-refractivity contribution is 0.0904. The van der Waals surface area contributed by atoms with E-state index in [4.69, 9.17) is 38.0 Å². The number of nitrogens with zero attached hydrogens (tertiary/aromatic N) is 1. The van der Waals surface area contributed by atoms with Gasteiger partial charge < -0.3 is 29.4 Å². The van der Waals surface area contributed by atoms with Crippen LogP contribution in [0, 0.1) is 0 Å². The number of benzene rings is 2. The molecule has 7 nitrogen and oxygen atoms in total. The number of nitrogens with one attached hydrogen (secondary N) is 2. The molecule has 2 aromatic carbocycles. The molecule has 3 heterocycles. The zero-order valence-electron chi connectivity index (χ0n) is 17.9. The van der Waals surface area contributed by atoms with Gasteiger partial charge in [0.1, 0.15) is 13.2 Å². The molecule has 2 aliphatic heterocycles. The minimum absolute atomic E-state index is 0.0706. The third-order valence-electron chi connectivity index (χ3n) is 5.76. The Labute approximate surface area is 201 Å². The van der Waals surface area contributed by atoms with E-state index in [1.54, 1.807) is 0 Å². The van der Waals surface area contributed by atoms with E-state index >= 15 is 0 Å². The fourth-order valence-electron chi connectivity index (χ4n) is 4.13. The average molecular weight is 486 g/mol. The van der Waals surface area contributed by atoms with Crippen molar-refractivity contribution in [1.29, 1.82) is 0 Å². The number of aromatic amines is 1. The highest BCUT2D eigenvalue weighted by Crippen LogP contribution is 2.33. The predicted octanol–water partition coefficient (Wildman–Crippen LogP) is 4.33. The first-order valence-electron chi connectivity index (χ1n) is 10.9. The zero-order chi connectivity index (χ0) is 22.8. The normalized spacial score (nSPS) is 17.2. The molecule has 3 aromatic rings. The summed E-state index contributed by atoms with van der Waals surface area (Å²) >= 11 is 11.8. The molecule has 1 saturated heterocycles. The quantitative estimate of drug-likeness (QED) is 0.521. The number of pyridine rings is 1. The van der Waals surface area contributed by atoms with E-state index in [1.807, 2.05) is 47.4 Å². The topological polar surface area (TPSA) is 75.8 Å². The number of aromatic nitrogens is 1. The molecule has 0 saturated carbocycles. The molecule has 1 unspecified atom stereocenters. The first-order valence-corrected chi connectivity index (χ1v) is 11.7. The summed E-state index contributed by atoms with van der Waals surface area (Å²) in [6, 6.07) is 13.0. The molecule has 0 radical (unpaired) electrons.